The first-order valence-electron chi connectivity index (χ1n) is 2.49. The molecule has 0 spiro atoms. The normalized spacial score (nSPS) is 9.44. The summed E-state index contributed by atoms with van der Waals surface area (Å²) in [5.41, 5.74) is 0.535. The van der Waals surface area contributed by atoms with Gasteiger partial charge < -0.3 is 10.2 Å². The number of hydrogen-bond donors (Lipinski definition) is 1. The fraction of sp³-hybridized carbons (Fsp3) is 0.200. The summed E-state index contributed by atoms with van der Waals surface area (Å²) in [5.74, 6) is 0. The van der Waals surface area contributed by atoms with E-state index in [1.807, 2.05) is 0 Å². The van der Waals surface area contributed by atoms with Crippen molar-refractivity contribution in [3.05, 3.63) is 27.9 Å². The van der Waals surface area contributed by atoms with E-state index >= 15 is 0 Å². The average molecular weight is 142 g/mol. The maximum absolute atomic E-state index is 10.7. The van der Waals surface area contributed by atoms with Crippen molar-refractivity contribution in [2.45, 2.75) is 6.92 Å². The fourth-order valence-electron chi connectivity index (χ4n) is 0.497. The minimum atomic E-state index is 0.493. The molecule has 1 aromatic rings. The molecule has 48 valence electrons. The molecule has 1 N–H and O–H groups in total. The van der Waals surface area contributed by atoms with E-state index in [0.717, 1.165) is 4.73 Å². The van der Waals surface area contributed by atoms with Crippen molar-refractivity contribution in [1.29, 1.82) is 0 Å². The highest BCUT2D eigenvalue weighted by atomic mass is 32.1. The van der Waals surface area contributed by atoms with E-state index in [9.17, 15) is 5.21 Å². The van der Waals surface area contributed by atoms with E-state index < -0.39 is 0 Å². The number of nitrogens with zero attached hydrogens (tertiary/aromatic N) is 1. The summed E-state index contributed by atoms with van der Waals surface area (Å²) < 4.78 is 1.23. The lowest BCUT2D eigenvalue weighted by molar-refractivity contribution is -0.613. The van der Waals surface area contributed by atoms with Crippen molar-refractivity contribution >= 4 is 12.2 Å². The number of rotatable bonds is 0. The van der Waals surface area contributed by atoms with E-state index in [2.05, 4.69) is 4.98 Å². The second-order valence-corrected chi connectivity index (χ2v) is 2.11. The summed E-state index contributed by atoms with van der Waals surface area (Å²) in [6.07, 6.45) is 2.90. The van der Waals surface area contributed by atoms with Crippen LogP contribution in [-0.4, -0.2) is 4.98 Å². The average Bonchev–Trinajstić information content (AvgIpc) is 1.83. The number of hydrogen-bond acceptors (Lipinski definition) is 2. The van der Waals surface area contributed by atoms with Crippen LogP contribution in [0.1, 0.15) is 5.69 Å². The molecule has 0 saturated heterocycles. The minimum Gasteiger partial charge on any atom is -0.618 e. The summed E-state index contributed by atoms with van der Waals surface area (Å²) in [5, 5.41) is 10.7. The third-order valence-electron chi connectivity index (χ3n) is 1.08. The molecule has 0 amide bonds. The Bertz CT molecular complexity index is 268. The van der Waals surface area contributed by atoms with Gasteiger partial charge in [-0.15, -0.1) is 0 Å². The molecule has 0 saturated carbocycles. The van der Waals surface area contributed by atoms with Crippen LogP contribution in [0.5, 0.6) is 0 Å². The van der Waals surface area contributed by atoms with Gasteiger partial charge in [0, 0.05) is 6.92 Å². The maximum Gasteiger partial charge on any atom is 0.224 e. The Hall–Kier alpha value is -0.900. The smallest absolute Gasteiger partial charge is 0.224 e. The Balaban J connectivity index is 3.43. The first kappa shape index (κ1) is 6.22. The quantitative estimate of drug-likeness (QED) is 0.329. The Morgan fingerprint density at radius 1 is 1.78 bits per heavy atom. The maximum atomic E-state index is 10.7. The van der Waals surface area contributed by atoms with Crippen molar-refractivity contribution in [3.8, 4) is 0 Å². The van der Waals surface area contributed by atoms with Crippen molar-refractivity contribution < 1.29 is 4.73 Å². The first-order valence-corrected chi connectivity index (χ1v) is 2.90. The highest BCUT2D eigenvalue weighted by Gasteiger charge is 1.95. The standard InChI is InChI=1S/C5H6N2OS/c1-4-5(9)6-2-3-7(4)8/h2-3H,1H3,(H,6,9). The largest absolute Gasteiger partial charge is 0.618 e. The summed E-state index contributed by atoms with van der Waals surface area (Å²) in [6, 6.07) is 0. The molecule has 0 aliphatic rings. The zero-order valence-corrected chi connectivity index (χ0v) is 5.73. The van der Waals surface area contributed by atoms with Gasteiger partial charge in [0.1, 0.15) is 0 Å². The van der Waals surface area contributed by atoms with Gasteiger partial charge in [0.25, 0.3) is 0 Å². The molecule has 3 nitrogen and oxygen atoms in total. The van der Waals surface area contributed by atoms with E-state index in [1.165, 1.54) is 12.4 Å². The van der Waals surface area contributed by atoms with Crippen molar-refractivity contribution in [2.75, 3.05) is 0 Å². The van der Waals surface area contributed by atoms with Crippen molar-refractivity contribution in [3.63, 3.8) is 0 Å². The highest BCUT2D eigenvalue weighted by Crippen LogP contribution is 1.86. The number of H-pyrrole nitrogens is 1. The van der Waals surface area contributed by atoms with E-state index in [-0.39, 0.29) is 0 Å². The predicted molar refractivity (Wildman–Crippen MR) is 35.3 cm³/mol. The van der Waals surface area contributed by atoms with Crippen LogP contribution in [-0.2, 0) is 0 Å². The molecular formula is C5H6N2OS. The third kappa shape index (κ3) is 1.08. The van der Waals surface area contributed by atoms with Gasteiger partial charge in [-0.25, -0.2) is 0 Å². The van der Waals surface area contributed by atoms with Crippen LogP contribution in [0, 0.1) is 16.8 Å². The predicted octanol–water partition coefficient (Wildman–Crippen LogP) is 0.686. The lowest BCUT2D eigenvalue weighted by Gasteiger charge is -1.96. The molecule has 0 unspecified atom stereocenters. The van der Waals surface area contributed by atoms with Gasteiger partial charge >= 0.3 is 0 Å². The summed E-state index contributed by atoms with van der Waals surface area (Å²) in [7, 11) is 0. The lowest BCUT2D eigenvalue weighted by atomic mass is 10.5. The Morgan fingerprint density at radius 3 is 2.89 bits per heavy atom. The molecule has 1 heterocycles. The van der Waals surface area contributed by atoms with Gasteiger partial charge in [0.15, 0.2) is 10.8 Å². The molecule has 1 aromatic heterocycles. The molecule has 0 atom stereocenters. The van der Waals surface area contributed by atoms with Gasteiger partial charge in [-0.3, -0.25) is 0 Å². The van der Waals surface area contributed by atoms with Gasteiger partial charge in [0.2, 0.25) is 5.69 Å². The van der Waals surface area contributed by atoms with Gasteiger partial charge in [0.05, 0.1) is 6.20 Å². The molecule has 0 aliphatic carbocycles. The number of aromatic nitrogens is 2. The molecule has 4 heteroatoms. The summed E-state index contributed by atoms with van der Waals surface area (Å²) in [6.45, 7) is 1.67. The van der Waals surface area contributed by atoms with Crippen LogP contribution in [0.4, 0.5) is 0 Å². The van der Waals surface area contributed by atoms with Crippen LogP contribution >= 0.6 is 12.2 Å². The first-order chi connectivity index (χ1) is 4.22. The van der Waals surface area contributed by atoms with Crippen LogP contribution in [0.25, 0.3) is 0 Å². The second-order valence-electron chi connectivity index (χ2n) is 1.70. The second kappa shape index (κ2) is 2.14. The van der Waals surface area contributed by atoms with E-state index in [0.29, 0.717) is 10.3 Å². The molecule has 0 fully saturated rings. The molecule has 0 aliphatic heterocycles. The molecule has 0 bridgehead atoms. The van der Waals surface area contributed by atoms with Crippen molar-refractivity contribution in [1.82, 2.24) is 4.98 Å². The van der Waals surface area contributed by atoms with Gasteiger partial charge in [-0.2, -0.15) is 4.73 Å². The molecule has 9 heavy (non-hydrogen) atoms. The molecular weight excluding hydrogens is 136 g/mol. The van der Waals surface area contributed by atoms with Gasteiger partial charge in [-0.05, 0) is 0 Å². The highest BCUT2D eigenvalue weighted by molar-refractivity contribution is 7.71. The SMILES string of the molecule is Cc1c(=S)[nH]cc[n+]1[O-]. The molecule has 0 radical (unpaired) electrons. The Morgan fingerprint density at radius 2 is 2.44 bits per heavy atom. The monoisotopic (exact) mass is 142 g/mol. The van der Waals surface area contributed by atoms with E-state index in [4.69, 9.17) is 12.2 Å². The van der Waals surface area contributed by atoms with Crippen LogP contribution in [0.15, 0.2) is 12.4 Å². The van der Waals surface area contributed by atoms with Crippen molar-refractivity contribution in [2.24, 2.45) is 0 Å². The number of aromatic amines is 1. The van der Waals surface area contributed by atoms with Crippen LogP contribution in [0.2, 0.25) is 0 Å². The molecule has 0 aromatic carbocycles. The lowest BCUT2D eigenvalue weighted by Crippen LogP contribution is -2.29. The topological polar surface area (TPSA) is 42.7 Å². The zero-order valence-electron chi connectivity index (χ0n) is 4.92. The summed E-state index contributed by atoms with van der Waals surface area (Å²) in [4.78, 5) is 2.73. The fourth-order valence-corrected chi connectivity index (χ4v) is 0.655. The van der Waals surface area contributed by atoms with Gasteiger partial charge in [-0.1, -0.05) is 12.2 Å². The number of nitrogens with one attached hydrogen (secondary N) is 1. The summed E-state index contributed by atoms with van der Waals surface area (Å²) >= 11 is 4.76. The van der Waals surface area contributed by atoms with Crippen LogP contribution in [0.3, 0.4) is 0 Å². The Labute approximate surface area is 57.6 Å². The molecule has 1 rings (SSSR count). The Kier molecular flexibility index (Phi) is 1.48. The minimum absolute atomic E-state index is 0.493. The zero-order chi connectivity index (χ0) is 6.85. The third-order valence-corrected chi connectivity index (χ3v) is 1.50. The van der Waals surface area contributed by atoms with E-state index in [1.54, 1.807) is 6.92 Å². The van der Waals surface area contributed by atoms with Crippen LogP contribution < -0.4 is 4.73 Å².